The molecule has 51 valence electrons. The van der Waals surface area contributed by atoms with Crippen LogP contribution >= 0.6 is 11.6 Å². The Kier molecular flexibility index (Phi) is 2.81. The second kappa shape index (κ2) is 3.66. The number of rotatable bonds is 2. The summed E-state index contributed by atoms with van der Waals surface area (Å²) in [5.41, 5.74) is 2.25. The minimum absolute atomic E-state index is 1.07. The van der Waals surface area contributed by atoms with E-state index in [1.165, 1.54) is 5.46 Å². The van der Waals surface area contributed by atoms with Gasteiger partial charge in [0, 0.05) is 11.9 Å². The van der Waals surface area contributed by atoms with Gasteiger partial charge in [-0.2, -0.15) is 0 Å². The predicted molar refractivity (Wildman–Crippen MR) is 47.9 cm³/mol. The van der Waals surface area contributed by atoms with Crippen molar-refractivity contribution in [2.75, 3.05) is 6.26 Å². The molecule has 1 aromatic heterocycles. The highest BCUT2D eigenvalue weighted by molar-refractivity contribution is 8.23. The van der Waals surface area contributed by atoms with Crippen LogP contribution in [0.25, 0.3) is 0 Å². The Morgan fingerprint density at radius 1 is 1.50 bits per heavy atom. The van der Waals surface area contributed by atoms with Crippen LogP contribution in [0.1, 0.15) is 5.69 Å². The van der Waals surface area contributed by atoms with Crippen LogP contribution in [0.2, 0.25) is 0 Å². The smallest absolute Gasteiger partial charge is 0.231 e. The SMILES string of the molecule is CS[B]c1ccc(C)nc1. The van der Waals surface area contributed by atoms with Crippen LogP contribution in [0.4, 0.5) is 0 Å². The molecule has 0 unspecified atom stereocenters. The second-order valence-electron chi connectivity index (χ2n) is 2.09. The van der Waals surface area contributed by atoms with Gasteiger partial charge in [0.25, 0.3) is 0 Å². The van der Waals surface area contributed by atoms with Crippen molar-refractivity contribution in [1.29, 1.82) is 0 Å². The third kappa shape index (κ3) is 2.07. The molecule has 0 N–H and O–H groups in total. The molecule has 0 aromatic carbocycles. The summed E-state index contributed by atoms with van der Waals surface area (Å²) in [6.07, 6.45) is 3.92. The van der Waals surface area contributed by atoms with Crippen molar-refractivity contribution in [2.24, 2.45) is 0 Å². The summed E-state index contributed by atoms with van der Waals surface area (Å²) >= 11 is 1.70. The molecule has 0 bridgehead atoms. The molecule has 1 nitrogen and oxygen atoms in total. The van der Waals surface area contributed by atoms with E-state index in [0.29, 0.717) is 0 Å². The Bertz CT molecular complexity index is 197. The number of hydrogen-bond acceptors (Lipinski definition) is 2. The van der Waals surface area contributed by atoms with Crippen molar-refractivity contribution in [3.05, 3.63) is 24.0 Å². The molecule has 1 aromatic rings. The Morgan fingerprint density at radius 2 is 2.30 bits per heavy atom. The van der Waals surface area contributed by atoms with Gasteiger partial charge in [0.1, 0.15) is 0 Å². The molecule has 1 rings (SSSR count). The maximum absolute atomic E-state index is 4.15. The third-order valence-corrected chi connectivity index (χ3v) is 1.70. The van der Waals surface area contributed by atoms with E-state index in [1.54, 1.807) is 11.6 Å². The first-order valence-corrected chi connectivity index (χ1v) is 4.40. The highest BCUT2D eigenvalue weighted by Gasteiger charge is 1.92. The Hall–Kier alpha value is -0.435. The monoisotopic (exact) mass is 150 g/mol. The van der Waals surface area contributed by atoms with Crippen LogP contribution in [0.5, 0.6) is 0 Å². The molecule has 0 aliphatic rings. The lowest BCUT2D eigenvalue weighted by Crippen LogP contribution is -2.10. The van der Waals surface area contributed by atoms with Gasteiger partial charge in [0.2, 0.25) is 6.56 Å². The van der Waals surface area contributed by atoms with Crippen molar-refractivity contribution in [3.63, 3.8) is 0 Å². The van der Waals surface area contributed by atoms with E-state index in [-0.39, 0.29) is 0 Å². The van der Waals surface area contributed by atoms with Crippen molar-refractivity contribution in [2.45, 2.75) is 6.92 Å². The summed E-state index contributed by atoms with van der Waals surface area (Å²) < 4.78 is 0. The lowest BCUT2D eigenvalue weighted by molar-refractivity contribution is 1.21. The van der Waals surface area contributed by atoms with Gasteiger partial charge >= 0.3 is 0 Å². The standard InChI is InChI=1S/C7H9BNS/c1-6-3-4-7(5-9-6)8-10-2/h3-5H,1-2H3. The Labute approximate surface area is 66.4 Å². The molecule has 0 aliphatic heterocycles. The van der Waals surface area contributed by atoms with Crippen LogP contribution in [-0.2, 0) is 0 Å². The minimum atomic E-state index is 1.07. The zero-order chi connectivity index (χ0) is 7.40. The fourth-order valence-corrected chi connectivity index (χ4v) is 1.10. The second-order valence-corrected chi connectivity index (χ2v) is 2.79. The minimum Gasteiger partial charge on any atom is -0.262 e. The van der Waals surface area contributed by atoms with Crippen molar-refractivity contribution in [3.8, 4) is 0 Å². The molecule has 0 spiro atoms. The molecule has 1 heterocycles. The molecule has 3 heteroatoms. The maximum atomic E-state index is 4.15. The first kappa shape index (κ1) is 7.67. The number of aryl methyl sites for hydroxylation is 1. The fourth-order valence-electron chi connectivity index (χ4n) is 0.685. The predicted octanol–water partition coefficient (Wildman–Crippen LogP) is 0.998. The van der Waals surface area contributed by atoms with Crippen molar-refractivity contribution >= 4 is 23.6 Å². The average molecular weight is 150 g/mol. The van der Waals surface area contributed by atoms with Gasteiger partial charge in [-0.25, -0.2) is 11.6 Å². The summed E-state index contributed by atoms with van der Waals surface area (Å²) in [5, 5.41) is 0. The molecule has 0 atom stereocenters. The van der Waals surface area contributed by atoms with Gasteiger partial charge in [0.05, 0.1) is 0 Å². The molecule has 0 saturated carbocycles. The van der Waals surface area contributed by atoms with Gasteiger partial charge < -0.3 is 0 Å². The van der Waals surface area contributed by atoms with Crippen LogP contribution in [0.3, 0.4) is 0 Å². The van der Waals surface area contributed by atoms with Gasteiger partial charge in [-0.1, -0.05) is 11.5 Å². The number of hydrogen-bond donors (Lipinski definition) is 0. The molecular formula is C7H9BNS. The van der Waals surface area contributed by atoms with E-state index < -0.39 is 0 Å². The highest BCUT2D eigenvalue weighted by atomic mass is 32.2. The fraction of sp³-hybridized carbons (Fsp3) is 0.286. The molecule has 0 aliphatic carbocycles. The normalized spacial score (nSPS) is 9.40. The van der Waals surface area contributed by atoms with E-state index in [4.69, 9.17) is 0 Å². The van der Waals surface area contributed by atoms with E-state index in [9.17, 15) is 0 Å². The van der Waals surface area contributed by atoms with Crippen LogP contribution in [-0.4, -0.2) is 17.8 Å². The summed E-state index contributed by atoms with van der Waals surface area (Å²) in [5.74, 6) is 0. The molecule has 0 fully saturated rings. The quantitative estimate of drug-likeness (QED) is 0.583. The summed E-state index contributed by atoms with van der Waals surface area (Å²) in [7, 11) is 0. The first-order valence-electron chi connectivity index (χ1n) is 3.11. The first-order chi connectivity index (χ1) is 4.83. The Balaban J connectivity index is 2.69. The van der Waals surface area contributed by atoms with Gasteiger partial charge in [-0.05, 0) is 19.2 Å². The van der Waals surface area contributed by atoms with Crippen LogP contribution in [0, 0.1) is 6.92 Å². The topological polar surface area (TPSA) is 12.9 Å². The van der Waals surface area contributed by atoms with E-state index in [0.717, 1.165) is 5.69 Å². The average Bonchev–Trinajstić information content (AvgIpc) is 1.95. The maximum Gasteiger partial charge on any atom is 0.231 e. The molecular weight excluding hydrogens is 141 g/mol. The lowest BCUT2D eigenvalue weighted by Gasteiger charge is -1.94. The van der Waals surface area contributed by atoms with Gasteiger partial charge in [-0.3, -0.25) is 4.98 Å². The molecule has 0 amide bonds. The van der Waals surface area contributed by atoms with Gasteiger partial charge in [-0.15, -0.1) is 0 Å². The summed E-state index contributed by atoms with van der Waals surface area (Å²) in [6.45, 7) is 4.06. The zero-order valence-electron chi connectivity index (χ0n) is 6.16. The summed E-state index contributed by atoms with van der Waals surface area (Å²) in [4.78, 5) is 4.15. The van der Waals surface area contributed by atoms with Gasteiger partial charge in [0.15, 0.2) is 0 Å². The number of nitrogens with zero attached hydrogens (tertiary/aromatic N) is 1. The lowest BCUT2D eigenvalue weighted by atomic mass is 9.97. The largest absolute Gasteiger partial charge is 0.262 e. The van der Waals surface area contributed by atoms with Crippen molar-refractivity contribution < 1.29 is 0 Å². The van der Waals surface area contributed by atoms with E-state index in [1.807, 2.05) is 25.4 Å². The zero-order valence-corrected chi connectivity index (χ0v) is 6.98. The number of aromatic nitrogens is 1. The van der Waals surface area contributed by atoms with Crippen LogP contribution < -0.4 is 5.46 Å². The summed E-state index contributed by atoms with van der Waals surface area (Å²) in [6, 6.07) is 4.08. The number of pyridine rings is 1. The van der Waals surface area contributed by atoms with E-state index >= 15 is 0 Å². The molecule has 1 radical (unpaired) electrons. The van der Waals surface area contributed by atoms with Crippen LogP contribution in [0.15, 0.2) is 18.3 Å². The molecule has 0 saturated heterocycles. The van der Waals surface area contributed by atoms with Crippen molar-refractivity contribution in [1.82, 2.24) is 4.98 Å². The third-order valence-electron chi connectivity index (χ3n) is 1.19. The molecule has 10 heavy (non-hydrogen) atoms. The highest BCUT2D eigenvalue weighted by Crippen LogP contribution is 1.90. The van der Waals surface area contributed by atoms with E-state index in [2.05, 4.69) is 17.6 Å². The Morgan fingerprint density at radius 3 is 2.80 bits per heavy atom.